The Hall–Kier alpha value is -7.71. The molecule has 0 radical (unpaired) electrons. The summed E-state index contributed by atoms with van der Waals surface area (Å²) >= 11 is 4.02. The Kier molecular flexibility index (Phi) is 37.7. The molecule has 2 aromatic carbocycles. The average Bonchev–Trinajstić information content (AvgIpc) is 1.78. The zero-order valence-corrected chi connectivity index (χ0v) is 67.9. The van der Waals surface area contributed by atoms with Gasteiger partial charge in [0, 0.05) is 91.5 Å². The second-order valence-corrected chi connectivity index (χ2v) is 32.5. The molecule has 1 aromatic heterocycles. The van der Waals surface area contributed by atoms with E-state index in [-0.39, 0.29) is 106 Å². The quantitative estimate of drug-likeness (QED) is 0.0126. The number of nitrogens with zero attached hydrogens (tertiary/aromatic N) is 8. The van der Waals surface area contributed by atoms with Crippen LogP contribution in [0.15, 0.2) is 47.6 Å². The molecule has 0 spiro atoms. The number of primary amides is 1. The second kappa shape index (κ2) is 45.6. The van der Waals surface area contributed by atoms with E-state index in [1.807, 2.05) is 90.1 Å². The highest BCUT2D eigenvalue weighted by Gasteiger charge is 2.44. The van der Waals surface area contributed by atoms with Crippen molar-refractivity contribution >= 4 is 99.3 Å². The predicted molar refractivity (Wildman–Crippen MR) is 421 cm³/mol. The number of likely N-dealkylation sites (tertiary alicyclic amines) is 1. The SMILES string of the molecule is CC[C@H](C)[C@@H]([C@@H](CC(=O)N1CCC[C@H]1[C@H](OC)[C@@H](C)C(=O)N[C@H](CN=[N+]=[N-])Cc1ccc(NC(=O)[C@H](CC(N)=O)NC(=O)[C@H](C)NC(=O)[C@H](C)NC(=O)CCOCCOCCNC(=O)c2ccc3nc4c(nc3c2)CSC2CCCCCCC(C2)SC4)cc1)OC)N(C)C(=O)[C@@H](NC(=O)[C@H](C(C)C)N(C)C)C(C)C. The standard InChI is InChI=1S/C77H120N16O14S2/c1-15-47(6)69(92(12)77(103)67(45(2)3)89-76(102)68(46(4)5)91(10)11)63(104-13)41-66(96)93-32-20-23-62(93)70(105-14)48(7)71(97)85-54(42-81-90-79)37-51-24-27-53(28-25-51)84-75(101)59(40-64(78)94)88-73(99)50(9)83-72(98)49(8)82-65(95)30-33-106-35-36-107-34-31-80-74(100)52-26-29-57-58(38-52)87-61-44-109-56-22-19-17-16-18-21-55(39-56)108-43-60(61)86-57/h24-29,38,45-50,54-56,59,62-63,67-70H,15-23,30-37,39-44H2,1-14H3,(H2,78,94)(H,80,100)(H,82,95)(H,83,98)(H,84,101)(H,85,97)(H,88,99)(H,89,102)/t47-,48+,49-,50-,54-,55?,56?,59-,62-,63+,67-,68-,69-,70+/m0/s1. The number of ether oxygens (including phenoxy) is 4. The van der Waals surface area contributed by atoms with Crippen LogP contribution >= 0.6 is 23.5 Å². The minimum atomic E-state index is -1.46. The number of anilines is 1. The van der Waals surface area contributed by atoms with Crippen molar-refractivity contribution < 1.29 is 66.9 Å². The first-order chi connectivity index (χ1) is 52.0. The molecule has 3 aromatic rings. The largest absolute Gasteiger partial charge is 0.379 e. The van der Waals surface area contributed by atoms with Gasteiger partial charge in [-0.15, -0.1) is 0 Å². The van der Waals surface area contributed by atoms with E-state index in [9.17, 15) is 53.5 Å². The molecule has 10 amide bonds. The summed E-state index contributed by atoms with van der Waals surface area (Å²) < 4.78 is 23.3. The van der Waals surface area contributed by atoms with Crippen LogP contribution in [0.1, 0.15) is 173 Å². The highest BCUT2D eigenvalue weighted by Crippen LogP contribution is 2.38. The van der Waals surface area contributed by atoms with E-state index in [0.29, 0.717) is 53.0 Å². The Morgan fingerprint density at radius 2 is 1.33 bits per heavy atom. The van der Waals surface area contributed by atoms with Gasteiger partial charge in [-0.3, -0.25) is 52.8 Å². The summed E-state index contributed by atoms with van der Waals surface area (Å²) in [5.74, 6) is -4.68. The molecule has 9 N–H and O–H groups in total. The van der Waals surface area contributed by atoms with E-state index in [1.165, 1.54) is 73.0 Å². The number of aromatic nitrogens is 2. The topological polar surface area (TPSA) is 402 Å². The zero-order chi connectivity index (χ0) is 80.0. The molecule has 2 aliphatic heterocycles. The van der Waals surface area contributed by atoms with Gasteiger partial charge in [0.2, 0.25) is 53.2 Å². The Bertz CT molecular complexity index is 3560. The number of methoxy groups -OCH3 is 2. The van der Waals surface area contributed by atoms with E-state index in [1.54, 1.807) is 60.2 Å². The lowest BCUT2D eigenvalue weighted by Gasteiger charge is -2.41. The number of azide groups is 1. The third kappa shape index (κ3) is 27.9. The van der Waals surface area contributed by atoms with E-state index in [2.05, 4.69) is 47.2 Å². The van der Waals surface area contributed by atoms with Gasteiger partial charge in [-0.2, -0.15) is 23.5 Å². The van der Waals surface area contributed by atoms with Crippen LogP contribution < -0.4 is 43.0 Å². The third-order valence-electron chi connectivity index (χ3n) is 20.6. The number of benzene rings is 2. The van der Waals surface area contributed by atoms with Crippen LogP contribution in [0.4, 0.5) is 5.69 Å². The molecule has 1 saturated carbocycles. The fourth-order valence-electron chi connectivity index (χ4n) is 14.4. The number of hydrogen-bond acceptors (Lipinski definition) is 20. The molecule has 32 heteroatoms. The lowest BCUT2D eigenvalue weighted by atomic mass is 9.89. The second-order valence-electron chi connectivity index (χ2n) is 29.9. The van der Waals surface area contributed by atoms with Gasteiger partial charge in [0.1, 0.15) is 24.2 Å². The highest BCUT2D eigenvalue weighted by molar-refractivity contribution is 8.00. The van der Waals surface area contributed by atoms with Gasteiger partial charge in [0.15, 0.2) is 0 Å². The fraction of sp³-hybridized carbons (Fsp3) is 0.688. The monoisotopic (exact) mass is 1560 g/mol. The first kappa shape index (κ1) is 90.2. The lowest BCUT2D eigenvalue weighted by Crippen LogP contribution is -2.59. The summed E-state index contributed by atoms with van der Waals surface area (Å²) in [6, 6.07) is 5.06. The van der Waals surface area contributed by atoms with Crippen LogP contribution in [-0.2, 0) is 80.0 Å². The Balaban J connectivity index is 0.914. The van der Waals surface area contributed by atoms with E-state index in [4.69, 9.17) is 34.6 Å². The van der Waals surface area contributed by atoms with Crippen molar-refractivity contribution in [3.63, 3.8) is 0 Å². The van der Waals surface area contributed by atoms with Crippen molar-refractivity contribution in [3.8, 4) is 0 Å². The van der Waals surface area contributed by atoms with Crippen LogP contribution in [0, 0.1) is 23.7 Å². The highest BCUT2D eigenvalue weighted by atomic mass is 32.2. The Morgan fingerprint density at radius 1 is 0.697 bits per heavy atom. The molecule has 14 atom stereocenters. The number of likely N-dealkylation sites (N-methyl/N-ethyl adjacent to an activating group) is 2. The number of rotatable bonds is 41. The van der Waals surface area contributed by atoms with Crippen molar-refractivity contribution in [1.82, 2.24) is 56.6 Å². The number of carbonyl (C=O) groups is 10. The van der Waals surface area contributed by atoms with Gasteiger partial charge in [0.05, 0.1) is 97.9 Å². The minimum Gasteiger partial charge on any atom is -0.379 e. The molecular formula is C77H120N16O14S2. The summed E-state index contributed by atoms with van der Waals surface area (Å²) in [6.45, 7) is 17.3. The summed E-state index contributed by atoms with van der Waals surface area (Å²) in [7, 11) is 8.35. The van der Waals surface area contributed by atoms with E-state index < -0.39 is 108 Å². The number of amides is 10. The van der Waals surface area contributed by atoms with Crippen molar-refractivity contribution in [2.24, 2.45) is 34.5 Å². The minimum absolute atomic E-state index is 0.0113. The zero-order valence-electron chi connectivity index (χ0n) is 66.2. The van der Waals surface area contributed by atoms with Crippen LogP contribution in [-0.4, -0.2) is 236 Å². The van der Waals surface area contributed by atoms with Crippen LogP contribution in [0.2, 0.25) is 0 Å². The van der Waals surface area contributed by atoms with Gasteiger partial charge >= 0.3 is 0 Å². The molecule has 109 heavy (non-hydrogen) atoms. The molecule has 6 rings (SSSR count). The summed E-state index contributed by atoms with van der Waals surface area (Å²) in [6.07, 6.45) is 8.73. The molecule has 2 bridgehead atoms. The average molecular weight is 1560 g/mol. The smallest absolute Gasteiger partial charge is 0.251 e. The summed E-state index contributed by atoms with van der Waals surface area (Å²) in [5, 5.41) is 24.2. The molecule has 3 aliphatic rings. The van der Waals surface area contributed by atoms with Gasteiger partial charge < -0.3 is 71.7 Å². The van der Waals surface area contributed by atoms with Gasteiger partial charge in [-0.25, -0.2) is 9.97 Å². The molecule has 1 aliphatic carbocycles. The van der Waals surface area contributed by atoms with Gasteiger partial charge in [-0.05, 0) is 126 Å². The van der Waals surface area contributed by atoms with Crippen molar-refractivity contribution in [2.45, 2.75) is 235 Å². The molecule has 1 saturated heterocycles. The van der Waals surface area contributed by atoms with Crippen molar-refractivity contribution in [1.29, 1.82) is 0 Å². The maximum absolute atomic E-state index is 14.6. The first-order valence-electron chi connectivity index (χ1n) is 38.4. The maximum atomic E-state index is 14.6. The van der Waals surface area contributed by atoms with Gasteiger partial charge in [-0.1, -0.05) is 97.8 Å². The molecule has 2 unspecified atom stereocenters. The van der Waals surface area contributed by atoms with Crippen molar-refractivity contribution in [3.05, 3.63) is 75.4 Å². The molecule has 30 nitrogen and oxygen atoms in total. The predicted octanol–water partition coefficient (Wildman–Crippen LogP) is 6.74. The Morgan fingerprint density at radius 3 is 1.93 bits per heavy atom. The molecule has 604 valence electrons. The van der Waals surface area contributed by atoms with Crippen LogP contribution in [0.5, 0.6) is 0 Å². The Labute approximate surface area is 651 Å². The van der Waals surface area contributed by atoms with Crippen LogP contribution in [0.25, 0.3) is 21.5 Å². The lowest BCUT2D eigenvalue weighted by molar-refractivity contribution is -0.148. The summed E-state index contributed by atoms with van der Waals surface area (Å²) in [5.41, 5.74) is 19.8. The fourth-order valence-corrected chi connectivity index (χ4v) is 17.2. The number of nitrogens with one attached hydrogen (secondary N) is 7. The normalized spacial score (nSPS) is 19.1. The van der Waals surface area contributed by atoms with Gasteiger partial charge in [0.25, 0.3) is 5.91 Å². The summed E-state index contributed by atoms with van der Waals surface area (Å²) in [4.78, 5) is 153. The number of carbonyl (C=O) groups excluding carboxylic acids is 10. The maximum Gasteiger partial charge on any atom is 0.251 e. The van der Waals surface area contributed by atoms with Crippen molar-refractivity contribution in [2.75, 3.05) is 86.7 Å². The van der Waals surface area contributed by atoms with Crippen LogP contribution in [0.3, 0.4) is 0 Å². The molecule has 2 fully saturated rings. The molecular weight excluding hydrogens is 1440 g/mol. The number of nitrogens with two attached hydrogens (primary N) is 1. The van der Waals surface area contributed by atoms with E-state index >= 15 is 0 Å². The van der Waals surface area contributed by atoms with E-state index in [0.717, 1.165) is 28.4 Å². The molecule has 3 heterocycles. The number of fused-ring (bicyclic) bond motifs is 4. The third-order valence-corrected chi connectivity index (χ3v) is 23.3. The number of hydrogen-bond donors (Lipinski definition) is 8. The number of thioether (sulfide) groups is 2. The first-order valence-corrected chi connectivity index (χ1v) is 40.5.